The molecule has 0 radical (unpaired) electrons. The Kier molecular flexibility index (Phi) is 5.56. The van der Waals surface area contributed by atoms with Gasteiger partial charge in [-0.1, -0.05) is 6.07 Å². The molecule has 4 aromatic rings. The van der Waals surface area contributed by atoms with Crippen molar-refractivity contribution in [3.05, 3.63) is 66.9 Å². The lowest BCUT2D eigenvalue weighted by molar-refractivity contribution is -0.115. The summed E-state index contributed by atoms with van der Waals surface area (Å²) in [6.45, 7) is 2.73. The molecule has 0 spiro atoms. The van der Waals surface area contributed by atoms with Gasteiger partial charge in [0.05, 0.1) is 36.3 Å². The molecule has 0 saturated carbocycles. The Labute approximate surface area is 173 Å². The predicted molar refractivity (Wildman–Crippen MR) is 113 cm³/mol. The van der Waals surface area contributed by atoms with E-state index in [0.717, 1.165) is 23.0 Å². The number of carbonyl (C=O) groups excluding carboxylic acids is 1. The second-order valence-electron chi connectivity index (χ2n) is 6.59. The van der Waals surface area contributed by atoms with E-state index in [1.54, 1.807) is 54.9 Å². The van der Waals surface area contributed by atoms with Gasteiger partial charge in [-0.25, -0.2) is 0 Å². The lowest BCUT2D eigenvalue weighted by atomic mass is 10.1. The molecule has 0 saturated heterocycles. The minimum Gasteiger partial charge on any atom is -0.496 e. The third-order valence-electron chi connectivity index (χ3n) is 4.58. The van der Waals surface area contributed by atoms with Crippen LogP contribution in [0.15, 0.2) is 61.3 Å². The largest absolute Gasteiger partial charge is 0.496 e. The third kappa shape index (κ3) is 4.22. The van der Waals surface area contributed by atoms with Crippen molar-refractivity contribution in [2.75, 3.05) is 12.4 Å². The minimum absolute atomic E-state index is 0.149. The highest BCUT2D eigenvalue weighted by molar-refractivity contribution is 5.92. The van der Waals surface area contributed by atoms with Crippen LogP contribution in [0.2, 0.25) is 0 Å². The summed E-state index contributed by atoms with van der Waals surface area (Å²) in [5.41, 5.74) is 2.22. The van der Waals surface area contributed by atoms with Crippen LogP contribution in [0, 0.1) is 0 Å². The summed E-state index contributed by atoms with van der Waals surface area (Å²) in [4.78, 5) is 20.9. The van der Waals surface area contributed by atoms with Crippen LogP contribution in [-0.2, 0) is 17.8 Å². The number of rotatable bonds is 7. The topological polar surface area (TPSA) is 91.2 Å². The second-order valence-corrected chi connectivity index (χ2v) is 6.59. The number of hydrogen-bond donors (Lipinski definition) is 1. The number of aryl methyl sites for hydroxylation is 1. The first kappa shape index (κ1) is 19.4. The van der Waals surface area contributed by atoms with Gasteiger partial charge in [0.1, 0.15) is 17.2 Å². The number of benzene rings is 1. The van der Waals surface area contributed by atoms with E-state index in [0.29, 0.717) is 22.9 Å². The van der Waals surface area contributed by atoms with Crippen molar-refractivity contribution in [1.29, 1.82) is 0 Å². The number of nitrogens with one attached hydrogen (secondary N) is 1. The van der Waals surface area contributed by atoms with Gasteiger partial charge in [0.2, 0.25) is 5.91 Å². The van der Waals surface area contributed by atoms with Crippen molar-refractivity contribution < 1.29 is 14.3 Å². The van der Waals surface area contributed by atoms with Gasteiger partial charge in [-0.05, 0) is 25.1 Å². The number of anilines is 1. The smallest absolute Gasteiger partial charge is 0.229 e. The highest BCUT2D eigenvalue weighted by Crippen LogP contribution is 2.32. The molecule has 1 amide bonds. The molecule has 0 unspecified atom stereocenters. The summed E-state index contributed by atoms with van der Waals surface area (Å²) >= 11 is 0. The van der Waals surface area contributed by atoms with Crippen molar-refractivity contribution in [1.82, 2.24) is 19.7 Å². The van der Waals surface area contributed by atoms with E-state index in [1.807, 2.05) is 25.1 Å². The number of pyridine rings is 2. The van der Waals surface area contributed by atoms with Gasteiger partial charge < -0.3 is 14.8 Å². The van der Waals surface area contributed by atoms with E-state index in [-0.39, 0.29) is 12.3 Å². The maximum absolute atomic E-state index is 12.4. The van der Waals surface area contributed by atoms with Gasteiger partial charge in [-0.3, -0.25) is 19.4 Å². The van der Waals surface area contributed by atoms with E-state index in [4.69, 9.17) is 9.47 Å². The summed E-state index contributed by atoms with van der Waals surface area (Å²) in [6, 6.07) is 9.01. The molecule has 8 nitrogen and oxygen atoms in total. The Morgan fingerprint density at radius 2 is 2.03 bits per heavy atom. The molecule has 0 aliphatic heterocycles. The van der Waals surface area contributed by atoms with Crippen LogP contribution in [-0.4, -0.2) is 32.8 Å². The number of fused-ring (bicyclic) bond motifs is 1. The first-order valence-corrected chi connectivity index (χ1v) is 9.52. The molecular formula is C22H21N5O3. The molecule has 8 heteroatoms. The minimum atomic E-state index is -0.149. The Bertz CT molecular complexity index is 1180. The molecule has 0 aliphatic carbocycles. The van der Waals surface area contributed by atoms with Crippen LogP contribution in [0.3, 0.4) is 0 Å². The molecule has 0 bridgehead atoms. The van der Waals surface area contributed by atoms with Crippen LogP contribution in [0.1, 0.15) is 12.5 Å². The molecule has 0 aliphatic rings. The van der Waals surface area contributed by atoms with Gasteiger partial charge in [0, 0.05) is 43.0 Å². The normalized spacial score (nSPS) is 10.7. The average molecular weight is 403 g/mol. The number of amides is 1. The Hall–Kier alpha value is -3.94. The molecule has 1 N–H and O–H groups in total. The molecular weight excluding hydrogens is 382 g/mol. The van der Waals surface area contributed by atoms with Crippen LogP contribution < -0.4 is 14.8 Å². The van der Waals surface area contributed by atoms with E-state index in [2.05, 4.69) is 20.4 Å². The number of methoxy groups -OCH3 is 1. The zero-order chi connectivity index (χ0) is 20.9. The standard InChI is InChI=1S/C22H21N5O3/c1-3-27-14-16(12-25-27)26-22(28)10-15-4-5-17(11-21(15)29-2)30-20-7-9-24-19-6-8-23-13-18(19)20/h4-9,11-14H,3,10H2,1-2H3,(H,26,28). The van der Waals surface area contributed by atoms with E-state index < -0.39 is 0 Å². The summed E-state index contributed by atoms with van der Waals surface area (Å²) in [5, 5.41) is 7.82. The molecule has 30 heavy (non-hydrogen) atoms. The van der Waals surface area contributed by atoms with Crippen molar-refractivity contribution >= 4 is 22.5 Å². The first-order chi connectivity index (χ1) is 14.7. The zero-order valence-corrected chi connectivity index (χ0v) is 16.7. The maximum Gasteiger partial charge on any atom is 0.229 e. The van der Waals surface area contributed by atoms with Gasteiger partial charge in [0.25, 0.3) is 0 Å². The van der Waals surface area contributed by atoms with Gasteiger partial charge in [0.15, 0.2) is 0 Å². The Morgan fingerprint density at radius 1 is 1.13 bits per heavy atom. The number of nitrogens with zero attached hydrogens (tertiary/aromatic N) is 4. The van der Waals surface area contributed by atoms with Crippen molar-refractivity contribution in [2.24, 2.45) is 0 Å². The van der Waals surface area contributed by atoms with Gasteiger partial charge in [-0.2, -0.15) is 5.10 Å². The summed E-state index contributed by atoms with van der Waals surface area (Å²) in [7, 11) is 1.57. The Balaban J connectivity index is 1.50. The van der Waals surface area contributed by atoms with Crippen molar-refractivity contribution in [3.63, 3.8) is 0 Å². The molecule has 3 heterocycles. The first-order valence-electron chi connectivity index (χ1n) is 9.52. The number of aromatic nitrogens is 4. The van der Waals surface area contributed by atoms with Crippen LogP contribution in [0.4, 0.5) is 5.69 Å². The highest BCUT2D eigenvalue weighted by Gasteiger charge is 2.12. The van der Waals surface area contributed by atoms with E-state index >= 15 is 0 Å². The lowest BCUT2D eigenvalue weighted by Gasteiger charge is -2.12. The highest BCUT2D eigenvalue weighted by atomic mass is 16.5. The fourth-order valence-electron chi connectivity index (χ4n) is 3.09. The number of hydrogen-bond acceptors (Lipinski definition) is 6. The summed E-state index contributed by atoms with van der Waals surface area (Å²) < 4.78 is 13.3. The Morgan fingerprint density at radius 3 is 2.83 bits per heavy atom. The van der Waals surface area contributed by atoms with Gasteiger partial charge >= 0.3 is 0 Å². The maximum atomic E-state index is 12.4. The number of carbonyl (C=O) groups is 1. The lowest BCUT2D eigenvalue weighted by Crippen LogP contribution is -2.14. The predicted octanol–water partition coefficient (Wildman–Crippen LogP) is 3.83. The average Bonchev–Trinajstić information content (AvgIpc) is 3.22. The van der Waals surface area contributed by atoms with Crippen LogP contribution >= 0.6 is 0 Å². The van der Waals surface area contributed by atoms with E-state index in [1.165, 1.54) is 0 Å². The summed E-state index contributed by atoms with van der Waals surface area (Å²) in [6.07, 6.45) is 8.68. The molecule has 4 rings (SSSR count). The van der Waals surface area contributed by atoms with Crippen molar-refractivity contribution in [3.8, 4) is 17.2 Å². The van der Waals surface area contributed by atoms with Gasteiger partial charge in [-0.15, -0.1) is 0 Å². The monoisotopic (exact) mass is 403 g/mol. The van der Waals surface area contributed by atoms with Crippen LogP contribution in [0.25, 0.3) is 10.9 Å². The quantitative estimate of drug-likeness (QED) is 0.504. The summed E-state index contributed by atoms with van der Waals surface area (Å²) in [5.74, 6) is 1.66. The molecule has 1 aromatic carbocycles. The fraction of sp³-hybridized carbons (Fsp3) is 0.182. The zero-order valence-electron chi connectivity index (χ0n) is 16.7. The molecule has 0 atom stereocenters. The van der Waals surface area contributed by atoms with E-state index in [9.17, 15) is 4.79 Å². The second kappa shape index (κ2) is 8.60. The fourth-order valence-corrected chi connectivity index (χ4v) is 3.09. The molecule has 152 valence electrons. The van der Waals surface area contributed by atoms with Crippen molar-refractivity contribution in [2.45, 2.75) is 19.9 Å². The SMILES string of the molecule is CCn1cc(NC(=O)Cc2ccc(Oc3ccnc4ccncc34)cc2OC)cn1. The molecule has 3 aromatic heterocycles. The molecule has 0 fully saturated rings. The third-order valence-corrected chi connectivity index (χ3v) is 4.58. The number of ether oxygens (including phenoxy) is 2. The van der Waals surface area contributed by atoms with Crippen LogP contribution in [0.5, 0.6) is 17.2 Å².